The van der Waals surface area contributed by atoms with Crippen molar-refractivity contribution in [1.82, 2.24) is 0 Å². The highest BCUT2D eigenvalue weighted by Gasteiger charge is 2.39. The third-order valence-electron chi connectivity index (χ3n) is 3.20. The molecule has 0 aromatic heterocycles. The number of rotatable bonds is 0. The van der Waals surface area contributed by atoms with Crippen molar-refractivity contribution in [3.05, 3.63) is 0 Å². The summed E-state index contributed by atoms with van der Waals surface area (Å²) in [6.45, 7) is 0.638. The van der Waals surface area contributed by atoms with Gasteiger partial charge in [-0.05, 0) is 32.1 Å². The third kappa shape index (κ3) is 3.82. The predicted molar refractivity (Wildman–Crippen MR) is 56.6 cm³/mol. The molecule has 0 bridgehead atoms. The van der Waals surface area contributed by atoms with E-state index >= 15 is 0 Å². The second-order valence-electron chi connectivity index (χ2n) is 4.53. The van der Waals surface area contributed by atoms with Crippen LogP contribution in [0.4, 0.5) is 0 Å². The van der Waals surface area contributed by atoms with E-state index < -0.39 is 0 Å². The maximum Gasteiger partial charge on any atom is 0.305 e. The van der Waals surface area contributed by atoms with Gasteiger partial charge in [-0.2, -0.15) is 0 Å². The van der Waals surface area contributed by atoms with E-state index in [1.54, 1.807) is 0 Å². The van der Waals surface area contributed by atoms with Gasteiger partial charge < -0.3 is 9.47 Å². The van der Waals surface area contributed by atoms with Gasteiger partial charge in [0.1, 0.15) is 0 Å². The molecule has 2 aliphatic heterocycles. The summed E-state index contributed by atoms with van der Waals surface area (Å²) in [5, 5.41) is 0. The quantitative estimate of drug-likeness (QED) is 0.457. The van der Waals surface area contributed by atoms with Gasteiger partial charge in [0.25, 0.3) is 0 Å². The molecule has 2 atom stereocenters. The highest BCUT2D eigenvalue weighted by molar-refractivity contribution is 5.69. The summed E-state index contributed by atoms with van der Waals surface area (Å²) in [6.07, 6.45) is 10.7. The standard InChI is InChI=1S/C6H10O2.C6H10O/c7-6-4-2-1-3-5-8-6;1-2-4-6-5(3-1)7-6/h1-5H2;5-6H,1-4H2. The summed E-state index contributed by atoms with van der Waals surface area (Å²) in [7, 11) is 0. The van der Waals surface area contributed by atoms with Crippen LogP contribution in [0.25, 0.3) is 0 Å². The van der Waals surface area contributed by atoms with Crippen molar-refractivity contribution >= 4 is 5.97 Å². The van der Waals surface area contributed by atoms with Crippen molar-refractivity contribution in [3.63, 3.8) is 0 Å². The monoisotopic (exact) mass is 212 g/mol. The van der Waals surface area contributed by atoms with Gasteiger partial charge in [-0.25, -0.2) is 0 Å². The zero-order chi connectivity index (χ0) is 10.5. The van der Waals surface area contributed by atoms with Crippen LogP contribution in [0.5, 0.6) is 0 Å². The number of fused-ring (bicyclic) bond motifs is 1. The molecule has 3 nitrogen and oxygen atoms in total. The van der Waals surface area contributed by atoms with Gasteiger partial charge in [-0.3, -0.25) is 4.79 Å². The maximum absolute atomic E-state index is 10.5. The summed E-state index contributed by atoms with van der Waals surface area (Å²) >= 11 is 0. The fourth-order valence-electron chi connectivity index (χ4n) is 2.18. The van der Waals surface area contributed by atoms with E-state index in [-0.39, 0.29) is 5.97 Å². The normalized spacial score (nSPS) is 34.0. The lowest BCUT2D eigenvalue weighted by Gasteiger charge is -2.00. The van der Waals surface area contributed by atoms with E-state index in [1.807, 2.05) is 0 Å². The van der Waals surface area contributed by atoms with E-state index in [1.165, 1.54) is 25.7 Å². The number of hydrogen-bond donors (Lipinski definition) is 0. The van der Waals surface area contributed by atoms with Gasteiger partial charge in [0.05, 0.1) is 18.8 Å². The van der Waals surface area contributed by atoms with Crippen LogP contribution >= 0.6 is 0 Å². The molecule has 0 amide bonds. The summed E-state index contributed by atoms with van der Waals surface area (Å²) in [6, 6.07) is 0. The van der Waals surface area contributed by atoms with Crippen molar-refractivity contribution in [1.29, 1.82) is 0 Å². The lowest BCUT2D eigenvalue weighted by molar-refractivity contribution is -0.142. The molecule has 2 heterocycles. The molecule has 0 aromatic carbocycles. The Bertz CT molecular complexity index is 195. The van der Waals surface area contributed by atoms with E-state index in [2.05, 4.69) is 0 Å². The van der Waals surface area contributed by atoms with Crippen LogP contribution in [-0.2, 0) is 14.3 Å². The average molecular weight is 212 g/mol. The molecular formula is C12H20O3. The van der Waals surface area contributed by atoms with E-state index in [4.69, 9.17) is 9.47 Å². The number of cyclic esters (lactones) is 1. The van der Waals surface area contributed by atoms with Crippen LogP contribution in [0, 0.1) is 0 Å². The number of hydrogen-bond acceptors (Lipinski definition) is 3. The molecule has 1 aliphatic carbocycles. The molecular weight excluding hydrogens is 192 g/mol. The molecule has 3 heteroatoms. The molecule has 3 rings (SSSR count). The minimum absolute atomic E-state index is 0.0255. The Morgan fingerprint density at radius 3 is 2.33 bits per heavy atom. The number of epoxide rings is 1. The van der Waals surface area contributed by atoms with Crippen LogP contribution in [0.15, 0.2) is 0 Å². The van der Waals surface area contributed by atoms with Crippen LogP contribution in [0.1, 0.15) is 51.4 Å². The van der Waals surface area contributed by atoms with E-state index in [0.29, 0.717) is 25.2 Å². The van der Waals surface area contributed by atoms with Crippen molar-refractivity contribution in [3.8, 4) is 0 Å². The Labute approximate surface area is 91.1 Å². The van der Waals surface area contributed by atoms with Gasteiger partial charge in [-0.1, -0.05) is 12.8 Å². The van der Waals surface area contributed by atoms with Crippen molar-refractivity contribution < 1.29 is 14.3 Å². The summed E-state index contributed by atoms with van der Waals surface area (Å²) < 4.78 is 10.0. The zero-order valence-corrected chi connectivity index (χ0v) is 9.24. The first kappa shape index (κ1) is 10.9. The van der Waals surface area contributed by atoms with Crippen LogP contribution in [0.2, 0.25) is 0 Å². The van der Waals surface area contributed by atoms with Crippen LogP contribution < -0.4 is 0 Å². The lowest BCUT2D eigenvalue weighted by Crippen LogP contribution is -2.00. The first-order valence-corrected chi connectivity index (χ1v) is 6.17. The SMILES string of the molecule is C1CCC2OC2C1.O=C1CCCCCO1. The predicted octanol–water partition coefficient (Wildman–Crippen LogP) is 2.43. The number of carbonyl (C=O) groups is 1. The summed E-state index contributed by atoms with van der Waals surface area (Å²) in [5.41, 5.74) is 0. The van der Waals surface area contributed by atoms with Gasteiger partial charge >= 0.3 is 5.97 Å². The molecule has 0 radical (unpaired) electrons. The number of ether oxygens (including phenoxy) is 2. The van der Waals surface area contributed by atoms with Crippen LogP contribution in [0.3, 0.4) is 0 Å². The Kier molecular flexibility index (Phi) is 4.01. The average Bonchev–Trinajstić information content (AvgIpc) is 3.02. The summed E-state index contributed by atoms with van der Waals surface area (Å²) in [5.74, 6) is -0.0255. The third-order valence-corrected chi connectivity index (χ3v) is 3.20. The molecule has 2 unspecified atom stereocenters. The highest BCUT2D eigenvalue weighted by atomic mass is 16.6. The fraction of sp³-hybridized carbons (Fsp3) is 0.917. The minimum Gasteiger partial charge on any atom is -0.466 e. The fourth-order valence-corrected chi connectivity index (χ4v) is 2.18. The van der Waals surface area contributed by atoms with E-state index in [0.717, 1.165) is 19.3 Å². The van der Waals surface area contributed by atoms with Gasteiger partial charge in [0, 0.05) is 6.42 Å². The molecule has 0 N–H and O–H groups in total. The maximum atomic E-state index is 10.5. The molecule has 86 valence electrons. The Balaban J connectivity index is 0.000000114. The van der Waals surface area contributed by atoms with Crippen molar-refractivity contribution in [2.75, 3.05) is 6.61 Å². The molecule has 3 aliphatic rings. The molecule has 2 saturated heterocycles. The Morgan fingerprint density at radius 2 is 1.67 bits per heavy atom. The first-order chi connectivity index (χ1) is 7.36. The summed E-state index contributed by atoms with van der Waals surface area (Å²) in [4.78, 5) is 10.5. The molecule has 15 heavy (non-hydrogen) atoms. The zero-order valence-electron chi connectivity index (χ0n) is 9.24. The number of esters is 1. The molecule has 0 spiro atoms. The molecule has 3 fully saturated rings. The van der Waals surface area contributed by atoms with Gasteiger partial charge in [0.15, 0.2) is 0 Å². The second-order valence-corrected chi connectivity index (χ2v) is 4.53. The number of carbonyl (C=O) groups excluding carboxylic acids is 1. The first-order valence-electron chi connectivity index (χ1n) is 6.17. The van der Waals surface area contributed by atoms with E-state index in [9.17, 15) is 4.79 Å². The molecule has 1 saturated carbocycles. The smallest absolute Gasteiger partial charge is 0.305 e. The van der Waals surface area contributed by atoms with Gasteiger partial charge in [0.2, 0.25) is 0 Å². The molecule has 0 aromatic rings. The van der Waals surface area contributed by atoms with Crippen LogP contribution in [-0.4, -0.2) is 24.8 Å². The van der Waals surface area contributed by atoms with Crippen molar-refractivity contribution in [2.45, 2.75) is 63.6 Å². The largest absolute Gasteiger partial charge is 0.466 e. The lowest BCUT2D eigenvalue weighted by atomic mass is 10.0. The minimum atomic E-state index is -0.0255. The highest BCUT2D eigenvalue weighted by Crippen LogP contribution is 2.35. The van der Waals surface area contributed by atoms with Crippen molar-refractivity contribution in [2.24, 2.45) is 0 Å². The second kappa shape index (κ2) is 5.50. The Morgan fingerprint density at radius 1 is 0.933 bits per heavy atom. The van der Waals surface area contributed by atoms with Gasteiger partial charge in [-0.15, -0.1) is 0 Å². The topological polar surface area (TPSA) is 38.8 Å². The Hall–Kier alpha value is -0.570.